The van der Waals surface area contributed by atoms with Crippen LogP contribution < -0.4 is 5.32 Å². The van der Waals surface area contributed by atoms with Gasteiger partial charge in [0.1, 0.15) is 0 Å². The Morgan fingerprint density at radius 3 is 2.61 bits per heavy atom. The van der Waals surface area contributed by atoms with Crippen LogP contribution in [0, 0.1) is 17.8 Å². The van der Waals surface area contributed by atoms with Crippen molar-refractivity contribution in [3.8, 4) is 0 Å². The number of likely N-dealkylation sites (N-methyl/N-ethyl adjacent to an activating group) is 1. The van der Waals surface area contributed by atoms with Crippen LogP contribution in [-0.4, -0.2) is 12.6 Å². The van der Waals surface area contributed by atoms with Gasteiger partial charge in [-0.05, 0) is 71.6 Å². The van der Waals surface area contributed by atoms with Gasteiger partial charge in [-0.2, -0.15) is 0 Å². The van der Waals surface area contributed by atoms with Gasteiger partial charge in [-0.15, -0.1) is 11.3 Å². The predicted octanol–water partition coefficient (Wildman–Crippen LogP) is 4.47. The van der Waals surface area contributed by atoms with Crippen LogP contribution in [0.5, 0.6) is 0 Å². The zero-order chi connectivity index (χ0) is 12.5. The van der Waals surface area contributed by atoms with E-state index in [1.165, 1.54) is 40.8 Å². The predicted molar refractivity (Wildman–Crippen MR) is 82.1 cm³/mol. The SMILES string of the molecule is CCNC(Cc1ccc(Br)s1)C1C2CCCCC21. The molecular formula is C15H22BrNS. The molecule has 1 aromatic rings. The molecule has 1 aromatic heterocycles. The van der Waals surface area contributed by atoms with Gasteiger partial charge in [0.2, 0.25) is 0 Å². The molecule has 18 heavy (non-hydrogen) atoms. The summed E-state index contributed by atoms with van der Waals surface area (Å²) in [5.41, 5.74) is 0. The summed E-state index contributed by atoms with van der Waals surface area (Å²) in [7, 11) is 0. The fourth-order valence-corrected chi connectivity index (χ4v) is 5.47. The van der Waals surface area contributed by atoms with E-state index in [0.29, 0.717) is 6.04 Å². The molecule has 1 heterocycles. The molecule has 0 amide bonds. The number of halogens is 1. The van der Waals surface area contributed by atoms with E-state index in [9.17, 15) is 0 Å². The first kappa shape index (κ1) is 13.1. The highest BCUT2D eigenvalue weighted by Gasteiger charge is 2.53. The maximum atomic E-state index is 3.75. The molecule has 3 heteroatoms. The highest BCUT2D eigenvalue weighted by atomic mass is 79.9. The fourth-order valence-electron chi connectivity index (χ4n) is 3.93. The summed E-state index contributed by atoms with van der Waals surface area (Å²) < 4.78 is 1.26. The number of nitrogens with one attached hydrogen (secondary N) is 1. The van der Waals surface area contributed by atoms with Gasteiger partial charge in [0, 0.05) is 10.9 Å². The van der Waals surface area contributed by atoms with Gasteiger partial charge in [-0.25, -0.2) is 0 Å². The Hall–Kier alpha value is 0.140. The molecule has 0 aliphatic heterocycles. The number of hydrogen-bond donors (Lipinski definition) is 1. The molecule has 2 aliphatic carbocycles. The summed E-state index contributed by atoms with van der Waals surface area (Å²) in [6.45, 7) is 3.34. The van der Waals surface area contributed by atoms with Crippen molar-refractivity contribution in [1.82, 2.24) is 5.32 Å². The van der Waals surface area contributed by atoms with E-state index in [2.05, 4.69) is 40.3 Å². The Bertz CT molecular complexity index is 391. The largest absolute Gasteiger partial charge is 0.314 e. The van der Waals surface area contributed by atoms with Crippen LogP contribution in [0.3, 0.4) is 0 Å². The molecule has 3 rings (SSSR count). The molecule has 1 N–H and O–H groups in total. The van der Waals surface area contributed by atoms with E-state index >= 15 is 0 Å². The highest BCUT2D eigenvalue weighted by molar-refractivity contribution is 9.11. The zero-order valence-electron chi connectivity index (χ0n) is 11.0. The third-order valence-corrected chi connectivity index (χ3v) is 6.35. The van der Waals surface area contributed by atoms with E-state index in [1.54, 1.807) is 0 Å². The van der Waals surface area contributed by atoms with Crippen LogP contribution in [-0.2, 0) is 6.42 Å². The molecule has 0 aromatic carbocycles. The second kappa shape index (κ2) is 5.64. The average Bonchev–Trinajstić information content (AvgIpc) is 2.96. The summed E-state index contributed by atoms with van der Waals surface area (Å²) in [4.78, 5) is 1.52. The summed E-state index contributed by atoms with van der Waals surface area (Å²) in [6.07, 6.45) is 7.15. The molecule has 0 saturated heterocycles. The topological polar surface area (TPSA) is 12.0 Å². The Labute approximate surface area is 122 Å². The second-order valence-electron chi connectivity index (χ2n) is 5.76. The van der Waals surface area contributed by atoms with Gasteiger partial charge in [0.25, 0.3) is 0 Å². The quantitative estimate of drug-likeness (QED) is 0.841. The van der Waals surface area contributed by atoms with Crippen molar-refractivity contribution in [1.29, 1.82) is 0 Å². The highest BCUT2D eigenvalue weighted by Crippen LogP contribution is 2.57. The zero-order valence-corrected chi connectivity index (χ0v) is 13.4. The van der Waals surface area contributed by atoms with Crippen LogP contribution in [0.2, 0.25) is 0 Å². The van der Waals surface area contributed by atoms with Crippen molar-refractivity contribution in [2.24, 2.45) is 17.8 Å². The minimum absolute atomic E-state index is 0.716. The van der Waals surface area contributed by atoms with E-state index < -0.39 is 0 Å². The van der Waals surface area contributed by atoms with Crippen molar-refractivity contribution in [3.05, 3.63) is 20.8 Å². The summed E-state index contributed by atoms with van der Waals surface area (Å²) in [5.74, 6) is 3.06. The number of thiophene rings is 1. The number of hydrogen-bond acceptors (Lipinski definition) is 2. The maximum Gasteiger partial charge on any atom is 0.0701 e. The van der Waals surface area contributed by atoms with Crippen LogP contribution in [0.4, 0.5) is 0 Å². The standard InChI is InChI=1S/C15H22BrNS/c1-2-17-13(9-10-7-8-14(16)18-10)15-11-5-3-4-6-12(11)15/h7-8,11-13,15,17H,2-6,9H2,1H3. The van der Waals surface area contributed by atoms with Crippen LogP contribution >= 0.6 is 27.3 Å². The van der Waals surface area contributed by atoms with Gasteiger partial charge in [-0.1, -0.05) is 19.8 Å². The lowest BCUT2D eigenvalue weighted by Gasteiger charge is -2.17. The lowest BCUT2D eigenvalue weighted by molar-refractivity contribution is 0.440. The van der Waals surface area contributed by atoms with Gasteiger partial charge < -0.3 is 5.32 Å². The number of fused-ring (bicyclic) bond motifs is 1. The van der Waals surface area contributed by atoms with Gasteiger partial charge >= 0.3 is 0 Å². The number of rotatable bonds is 5. The van der Waals surface area contributed by atoms with Crippen LogP contribution in [0.1, 0.15) is 37.5 Å². The summed E-state index contributed by atoms with van der Waals surface area (Å²) in [5, 5.41) is 3.75. The van der Waals surface area contributed by atoms with Crippen LogP contribution in [0.25, 0.3) is 0 Å². The first-order valence-electron chi connectivity index (χ1n) is 7.27. The van der Waals surface area contributed by atoms with Crippen molar-refractivity contribution >= 4 is 27.3 Å². The molecule has 100 valence electrons. The third-order valence-electron chi connectivity index (χ3n) is 4.70. The van der Waals surface area contributed by atoms with Crippen LogP contribution in [0.15, 0.2) is 15.9 Å². The first-order chi connectivity index (χ1) is 8.79. The van der Waals surface area contributed by atoms with E-state index in [-0.39, 0.29) is 0 Å². The molecule has 3 unspecified atom stereocenters. The summed E-state index contributed by atoms with van der Waals surface area (Å²) in [6, 6.07) is 5.18. The van der Waals surface area contributed by atoms with Gasteiger partial charge in [-0.3, -0.25) is 0 Å². The molecule has 0 radical (unpaired) electrons. The minimum atomic E-state index is 0.716. The van der Waals surface area contributed by atoms with Crippen molar-refractivity contribution in [2.75, 3.05) is 6.54 Å². The molecule has 2 aliphatic rings. The molecule has 2 fully saturated rings. The molecular weight excluding hydrogens is 306 g/mol. The van der Waals surface area contributed by atoms with Crippen molar-refractivity contribution < 1.29 is 0 Å². The molecule has 3 atom stereocenters. The van der Waals surface area contributed by atoms with Crippen molar-refractivity contribution in [3.63, 3.8) is 0 Å². The lowest BCUT2D eigenvalue weighted by atomic mass is 10.0. The minimum Gasteiger partial charge on any atom is -0.314 e. The Kier molecular flexibility index (Phi) is 4.12. The van der Waals surface area contributed by atoms with E-state index in [1.807, 2.05) is 11.3 Å². The average molecular weight is 328 g/mol. The third kappa shape index (κ3) is 2.68. The van der Waals surface area contributed by atoms with E-state index in [0.717, 1.165) is 24.3 Å². The summed E-state index contributed by atoms with van der Waals surface area (Å²) >= 11 is 5.47. The second-order valence-corrected chi connectivity index (χ2v) is 8.31. The Morgan fingerprint density at radius 2 is 2.06 bits per heavy atom. The van der Waals surface area contributed by atoms with Gasteiger partial charge in [0.15, 0.2) is 0 Å². The monoisotopic (exact) mass is 327 g/mol. The van der Waals surface area contributed by atoms with Crippen molar-refractivity contribution in [2.45, 2.75) is 45.1 Å². The Balaban J connectivity index is 1.65. The normalized spacial score (nSPS) is 32.0. The molecule has 0 bridgehead atoms. The lowest BCUT2D eigenvalue weighted by Crippen LogP contribution is -2.33. The molecule has 2 saturated carbocycles. The molecule has 0 spiro atoms. The molecule has 1 nitrogen and oxygen atoms in total. The van der Waals surface area contributed by atoms with Gasteiger partial charge in [0.05, 0.1) is 3.79 Å². The Morgan fingerprint density at radius 1 is 1.33 bits per heavy atom. The first-order valence-corrected chi connectivity index (χ1v) is 8.88. The smallest absolute Gasteiger partial charge is 0.0701 e. The maximum absolute atomic E-state index is 3.75. The van der Waals surface area contributed by atoms with E-state index in [4.69, 9.17) is 0 Å². The fraction of sp³-hybridized carbons (Fsp3) is 0.733.